The first-order valence-electron chi connectivity index (χ1n) is 9.54. The quantitative estimate of drug-likeness (QED) is 0.726. The molecule has 1 amide bonds. The van der Waals surface area contributed by atoms with Crippen molar-refractivity contribution in [3.05, 3.63) is 20.8 Å². The van der Waals surface area contributed by atoms with Gasteiger partial charge in [0, 0.05) is 13.1 Å². The molecular weight excluding hydrogens is 336 g/mol. The molecule has 0 aromatic carbocycles. The normalized spacial score (nSPS) is 15.2. The van der Waals surface area contributed by atoms with Crippen LogP contribution in [0.5, 0.6) is 0 Å². The molecule has 0 bridgehead atoms. The van der Waals surface area contributed by atoms with Gasteiger partial charge in [-0.05, 0) is 26.2 Å². The molecule has 8 nitrogen and oxygen atoms in total. The number of carbonyl (C=O) groups is 1. The Bertz CT molecular complexity index is 719. The molecule has 1 aliphatic rings. The molecule has 0 aliphatic heterocycles. The van der Waals surface area contributed by atoms with Crippen molar-refractivity contribution in [2.75, 3.05) is 23.8 Å². The van der Waals surface area contributed by atoms with E-state index in [0.717, 1.165) is 38.5 Å². The van der Waals surface area contributed by atoms with Crippen molar-refractivity contribution in [2.45, 2.75) is 71.4 Å². The van der Waals surface area contributed by atoms with Crippen molar-refractivity contribution in [2.24, 2.45) is 0 Å². The summed E-state index contributed by atoms with van der Waals surface area (Å²) in [4.78, 5) is 40.6. The van der Waals surface area contributed by atoms with Gasteiger partial charge in [0.2, 0.25) is 0 Å². The predicted molar refractivity (Wildman–Crippen MR) is 101 cm³/mol. The molecule has 26 heavy (non-hydrogen) atoms. The smallest absolute Gasteiger partial charge is 0.330 e. The van der Waals surface area contributed by atoms with Gasteiger partial charge in [-0.3, -0.25) is 19.1 Å². The monoisotopic (exact) mass is 366 g/mol. The number of nitrogens with zero attached hydrogens (tertiary/aromatic N) is 2. The fourth-order valence-corrected chi connectivity index (χ4v) is 3.33. The first-order chi connectivity index (χ1) is 12.5. The zero-order valence-corrected chi connectivity index (χ0v) is 15.8. The van der Waals surface area contributed by atoms with E-state index < -0.39 is 11.2 Å². The highest BCUT2D eigenvalue weighted by Crippen LogP contribution is 2.21. The third-order valence-corrected chi connectivity index (χ3v) is 4.83. The molecule has 1 aromatic rings. The average Bonchev–Trinajstić information content (AvgIpc) is 2.63. The van der Waals surface area contributed by atoms with E-state index in [-0.39, 0.29) is 36.7 Å². The number of unbranched alkanes of at least 4 members (excludes halogenated alkanes) is 1. The number of nitrogen functional groups attached to an aromatic ring is 1. The maximum Gasteiger partial charge on any atom is 0.330 e. The minimum atomic E-state index is -0.645. The van der Waals surface area contributed by atoms with Gasteiger partial charge in [-0.15, -0.1) is 0 Å². The van der Waals surface area contributed by atoms with E-state index in [4.69, 9.17) is 10.5 Å². The number of anilines is 2. The van der Waals surface area contributed by atoms with E-state index in [0.29, 0.717) is 6.54 Å². The zero-order chi connectivity index (χ0) is 19.1. The highest BCUT2D eigenvalue weighted by molar-refractivity contribution is 5.96. The summed E-state index contributed by atoms with van der Waals surface area (Å²) >= 11 is 0. The number of amides is 1. The Balaban J connectivity index is 2.20. The number of rotatable bonds is 8. The second-order valence-electron chi connectivity index (χ2n) is 6.71. The molecule has 1 fully saturated rings. The average molecular weight is 366 g/mol. The molecule has 2 rings (SSSR count). The van der Waals surface area contributed by atoms with Crippen LogP contribution in [0.25, 0.3) is 0 Å². The standard InChI is InChI=1S/C18H30N4O4/c1-3-5-11-22-16(19)15(17(24)20-18(22)25)21(4-2)14(23)12-26-13-9-7-6-8-10-13/h13H,3-12,19H2,1-2H3,(H,20,24,25). The van der Waals surface area contributed by atoms with E-state index in [1.807, 2.05) is 6.92 Å². The van der Waals surface area contributed by atoms with Crippen LogP contribution in [0.4, 0.5) is 11.5 Å². The number of nitrogens with two attached hydrogens (primary N) is 1. The highest BCUT2D eigenvalue weighted by atomic mass is 16.5. The Labute approximate surface area is 153 Å². The van der Waals surface area contributed by atoms with Crippen LogP contribution in [0.1, 0.15) is 58.8 Å². The number of aromatic nitrogens is 2. The van der Waals surface area contributed by atoms with E-state index in [9.17, 15) is 14.4 Å². The number of carbonyl (C=O) groups excluding carboxylic acids is 1. The van der Waals surface area contributed by atoms with Crippen LogP contribution in [0, 0.1) is 0 Å². The number of ether oxygens (including phenoxy) is 1. The molecule has 1 aromatic heterocycles. The van der Waals surface area contributed by atoms with Crippen LogP contribution in [-0.4, -0.2) is 34.7 Å². The Morgan fingerprint density at radius 3 is 2.58 bits per heavy atom. The summed E-state index contributed by atoms with van der Waals surface area (Å²) in [6.07, 6.45) is 7.10. The minimum Gasteiger partial charge on any atom is -0.383 e. The van der Waals surface area contributed by atoms with Crippen molar-refractivity contribution < 1.29 is 9.53 Å². The Morgan fingerprint density at radius 1 is 1.27 bits per heavy atom. The number of nitrogens with one attached hydrogen (secondary N) is 1. The van der Waals surface area contributed by atoms with E-state index in [1.54, 1.807) is 6.92 Å². The molecule has 0 radical (unpaired) electrons. The second kappa shape index (κ2) is 9.56. The third kappa shape index (κ3) is 4.75. The number of H-pyrrole nitrogens is 1. The molecule has 1 heterocycles. The first-order valence-corrected chi connectivity index (χ1v) is 9.54. The summed E-state index contributed by atoms with van der Waals surface area (Å²) < 4.78 is 7.05. The zero-order valence-electron chi connectivity index (χ0n) is 15.8. The first kappa shape index (κ1) is 20.2. The van der Waals surface area contributed by atoms with Crippen LogP contribution in [-0.2, 0) is 16.1 Å². The molecule has 146 valence electrons. The lowest BCUT2D eigenvalue weighted by molar-refractivity contribution is -0.125. The van der Waals surface area contributed by atoms with Gasteiger partial charge in [0.25, 0.3) is 11.5 Å². The van der Waals surface area contributed by atoms with Crippen molar-refractivity contribution in [1.82, 2.24) is 9.55 Å². The molecule has 0 saturated heterocycles. The van der Waals surface area contributed by atoms with Crippen molar-refractivity contribution >= 4 is 17.4 Å². The molecular formula is C18H30N4O4. The lowest BCUT2D eigenvalue weighted by Crippen LogP contribution is -2.42. The van der Waals surface area contributed by atoms with Gasteiger partial charge < -0.3 is 15.4 Å². The Kier molecular flexibility index (Phi) is 7.44. The van der Waals surface area contributed by atoms with E-state index in [1.165, 1.54) is 15.9 Å². The Morgan fingerprint density at radius 2 is 1.96 bits per heavy atom. The van der Waals surface area contributed by atoms with Crippen molar-refractivity contribution in [1.29, 1.82) is 0 Å². The van der Waals surface area contributed by atoms with Gasteiger partial charge in [-0.1, -0.05) is 32.6 Å². The topological polar surface area (TPSA) is 110 Å². The molecule has 1 aliphatic carbocycles. The highest BCUT2D eigenvalue weighted by Gasteiger charge is 2.24. The Hall–Kier alpha value is -2.09. The predicted octanol–water partition coefficient (Wildman–Crippen LogP) is 1.62. The van der Waals surface area contributed by atoms with Gasteiger partial charge in [-0.2, -0.15) is 0 Å². The summed E-state index contributed by atoms with van der Waals surface area (Å²) in [6, 6.07) is 0. The number of hydrogen-bond acceptors (Lipinski definition) is 5. The van der Waals surface area contributed by atoms with Crippen LogP contribution >= 0.6 is 0 Å². The van der Waals surface area contributed by atoms with Gasteiger partial charge in [0.1, 0.15) is 12.4 Å². The molecule has 0 unspecified atom stereocenters. The molecule has 8 heteroatoms. The maximum atomic E-state index is 12.6. The number of likely N-dealkylation sites (N-methyl/N-ethyl adjacent to an activating group) is 1. The minimum absolute atomic E-state index is 0.0278. The molecule has 0 atom stereocenters. The molecule has 3 N–H and O–H groups in total. The fourth-order valence-electron chi connectivity index (χ4n) is 3.33. The lowest BCUT2D eigenvalue weighted by Gasteiger charge is -2.25. The van der Waals surface area contributed by atoms with Crippen LogP contribution < -0.4 is 21.9 Å². The SMILES string of the molecule is CCCCn1c(N)c(N(CC)C(=O)COC2CCCCC2)c(=O)[nH]c1=O. The van der Waals surface area contributed by atoms with Gasteiger partial charge in [0.15, 0.2) is 5.69 Å². The van der Waals surface area contributed by atoms with Crippen molar-refractivity contribution in [3.8, 4) is 0 Å². The van der Waals surface area contributed by atoms with Crippen LogP contribution in [0.15, 0.2) is 9.59 Å². The summed E-state index contributed by atoms with van der Waals surface area (Å²) in [7, 11) is 0. The maximum absolute atomic E-state index is 12.6. The lowest BCUT2D eigenvalue weighted by atomic mass is 9.98. The van der Waals surface area contributed by atoms with Crippen molar-refractivity contribution in [3.63, 3.8) is 0 Å². The molecule has 0 spiro atoms. The summed E-state index contributed by atoms with van der Waals surface area (Å²) in [5.74, 6) is -0.295. The summed E-state index contributed by atoms with van der Waals surface area (Å²) in [6.45, 7) is 4.34. The van der Waals surface area contributed by atoms with Crippen LogP contribution in [0.3, 0.4) is 0 Å². The van der Waals surface area contributed by atoms with Crippen LogP contribution in [0.2, 0.25) is 0 Å². The molecule has 1 saturated carbocycles. The van der Waals surface area contributed by atoms with Gasteiger partial charge in [0.05, 0.1) is 6.10 Å². The largest absolute Gasteiger partial charge is 0.383 e. The summed E-state index contributed by atoms with van der Waals surface area (Å²) in [5, 5.41) is 0. The third-order valence-electron chi connectivity index (χ3n) is 4.83. The fraction of sp³-hybridized carbons (Fsp3) is 0.722. The summed E-state index contributed by atoms with van der Waals surface area (Å²) in [5.41, 5.74) is 4.92. The van der Waals surface area contributed by atoms with Gasteiger partial charge in [-0.25, -0.2) is 4.79 Å². The second-order valence-corrected chi connectivity index (χ2v) is 6.71. The van der Waals surface area contributed by atoms with Gasteiger partial charge >= 0.3 is 5.69 Å². The number of hydrogen-bond donors (Lipinski definition) is 2. The van der Waals surface area contributed by atoms with E-state index in [2.05, 4.69) is 4.98 Å². The number of aromatic amines is 1. The van der Waals surface area contributed by atoms with E-state index >= 15 is 0 Å².